The largest absolute Gasteiger partial charge is 0.399 e. The molecule has 0 aromatic heterocycles. The molecule has 0 bridgehead atoms. The van der Waals surface area contributed by atoms with Crippen LogP contribution in [0.15, 0.2) is 51.8 Å². The van der Waals surface area contributed by atoms with E-state index in [1.807, 2.05) is 18.2 Å². The second kappa shape index (κ2) is 6.13. The maximum Gasteiger partial charge on any atom is 0.241 e. The summed E-state index contributed by atoms with van der Waals surface area (Å²) in [7, 11) is -3.86. The summed E-state index contributed by atoms with van der Waals surface area (Å²) in [5.41, 5.74) is 6.32. The van der Waals surface area contributed by atoms with Crippen LogP contribution >= 0.6 is 15.9 Å². The van der Waals surface area contributed by atoms with E-state index in [0.29, 0.717) is 0 Å². The Hall–Kier alpha value is -1.44. The van der Waals surface area contributed by atoms with Crippen molar-refractivity contribution in [3.8, 4) is 0 Å². The molecule has 0 aliphatic rings. The third-order valence-electron chi connectivity index (χ3n) is 2.91. The number of hydrogen-bond acceptors (Lipinski definition) is 3. The Bertz CT molecular complexity index is 745. The molecule has 0 saturated carbocycles. The van der Waals surface area contributed by atoms with E-state index < -0.39 is 21.9 Å². The van der Waals surface area contributed by atoms with Crippen LogP contribution in [0.2, 0.25) is 0 Å². The molecule has 0 aliphatic heterocycles. The van der Waals surface area contributed by atoms with Gasteiger partial charge in [-0.1, -0.05) is 34.1 Å². The summed E-state index contributed by atoms with van der Waals surface area (Å²) in [6.07, 6.45) is 0. The molecule has 0 heterocycles. The van der Waals surface area contributed by atoms with E-state index in [-0.39, 0.29) is 10.6 Å². The summed E-state index contributed by atoms with van der Waals surface area (Å²) in [6, 6.07) is 10.0. The molecule has 2 aromatic carbocycles. The SMILES string of the molecule is CC(NS(=O)(=O)c1cc(N)cc(F)c1)c1ccccc1Br. The van der Waals surface area contributed by atoms with Crippen LogP contribution in [0, 0.1) is 5.82 Å². The lowest BCUT2D eigenvalue weighted by molar-refractivity contribution is 0.563. The van der Waals surface area contributed by atoms with Crippen molar-refractivity contribution in [2.75, 3.05) is 5.73 Å². The zero-order chi connectivity index (χ0) is 15.6. The van der Waals surface area contributed by atoms with Crippen LogP contribution in [0.5, 0.6) is 0 Å². The van der Waals surface area contributed by atoms with Crippen LogP contribution < -0.4 is 10.5 Å². The molecule has 112 valence electrons. The maximum atomic E-state index is 13.3. The van der Waals surface area contributed by atoms with Gasteiger partial charge in [0.15, 0.2) is 0 Å². The van der Waals surface area contributed by atoms with E-state index in [9.17, 15) is 12.8 Å². The van der Waals surface area contributed by atoms with Gasteiger partial charge in [0.1, 0.15) is 5.82 Å². The molecule has 2 aromatic rings. The molecule has 2 rings (SSSR count). The summed E-state index contributed by atoms with van der Waals surface area (Å²) in [6.45, 7) is 1.71. The lowest BCUT2D eigenvalue weighted by Gasteiger charge is -2.16. The second-order valence-corrected chi connectivity index (χ2v) is 7.15. The van der Waals surface area contributed by atoms with Crippen LogP contribution in [0.3, 0.4) is 0 Å². The number of halogens is 2. The first kappa shape index (κ1) is 15.9. The fraction of sp³-hybridized carbons (Fsp3) is 0.143. The van der Waals surface area contributed by atoms with E-state index in [1.54, 1.807) is 13.0 Å². The monoisotopic (exact) mass is 372 g/mol. The molecule has 1 atom stereocenters. The zero-order valence-electron chi connectivity index (χ0n) is 11.2. The molecule has 21 heavy (non-hydrogen) atoms. The third kappa shape index (κ3) is 3.81. The quantitative estimate of drug-likeness (QED) is 0.809. The van der Waals surface area contributed by atoms with Gasteiger partial charge in [0.05, 0.1) is 4.90 Å². The molecule has 1 unspecified atom stereocenters. The highest BCUT2D eigenvalue weighted by atomic mass is 79.9. The molecule has 0 saturated heterocycles. The molecule has 0 fully saturated rings. The highest BCUT2D eigenvalue weighted by Gasteiger charge is 2.20. The van der Waals surface area contributed by atoms with Crippen molar-refractivity contribution in [1.82, 2.24) is 4.72 Å². The summed E-state index contributed by atoms with van der Waals surface area (Å²) >= 11 is 3.37. The van der Waals surface area contributed by atoms with Gasteiger partial charge in [0, 0.05) is 16.2 Å². The number of hydrogen-bond donors (Lipinski definition) is 2. The Labute approximate surface area is 131 Å². The lowest BCUT2D eigenvalue weighted by atomic mass is 10.1. The minimum atomic E-state index is -3.86. The molecule has 0 amide bonds. The van der Waals surface area contributed by atoms with Crippen molar-refractivity contribution in [3.05, 3.63) is 58.3 Å². The van der Waals surface area contributed by atoms with Crippen LogP contribution in [-0.2, 0) is 10.0 Å². The van der Waals surface area contributed by atoms with Gasteiger partial charge in [-0.15, -0.1) is 0 Å². The van der Waals surface area contributed by atoms with Crippen molar-refractivity contribution >= 4 is 31.6 Å². The highest BCUT2D eigenvalue weighted by molar-refractivity contribution is 9.10. The number of benzene rings is 2. The third-order valence-corrected chi connectivity index (χ3v) is 5.15. The standard InChI is InChI=1S/C14H14BrFN2O2S/c1-9(13-4-2-3-5-14(13)15)18-21(19,20)12-7-10(16)6-11(17)8-12/h2-9,18H,17H2,1H3. The average Bonchev–Trinajstić information content (AvgIpc) is 2.37. The van der Waals surface area contributed by atoms with Gasteiger partial charge < -0.3 is 5.73 Å². The Morgan fingerprint density at radius 1 is 1.24 bits per heavy atom. The van der Waals surface area contributed by atoms with Crippen molar-refractivity contribution in [3.63, 3.8) is 0 Å². The summed E-state index contributed by atoms with van der Waals surface area (Å²) in [5.74, 6) is -0.691. The Morgan fingerprint density at radius 2 is 1.90 bits per heavy atom. The van der Waals surface area contributed by atoms with Gasteiger partial charge in [-0.05, 0) is 36.8 Å². The fourth-order valence-corrected chi connectivity index (χ4v) is 3.85. The van der Waals surface area contributed by atoms with Gasteiger partial charge in [-0.25, -0.2) is 17.5 Å². The molecular weight excluding hydrogens is 359 g/mol. The minimum absolute atomic E-state index is 0.0592. The highest BCUT2D eigenvalue weighted by Crippen LogP contribution is 2.25. The van der Waals surface area contributed by atoms with E-state index >= 15 is 0 Å². The van der Waals surface area contributed by atoms with Crippen molar-refractivity contribution < 1.29 is 12.8 Å². The van der Waals surface area contributed by atoms with Gasteiger partial charge >= 0.3 is 0 Å². The minimum Gasteiger partial charge on any atom is -0.399 e. The molecular formula is C14H14BrFN2O2S. The summed E-state index contributed by atoms with van der Waals surface area (Å²) in [4.78, 5) is -0.195. The van der Waals surface area contributed by atoms with Gasteiger partial charge in [0.25, 0.3) is 0 Å². The second-order valence-electron chi connectivity index (χ2n) is 4.58. The molecule has 7 heteroatoms. The average molecular weight is 373 g/mol. The Morgan fingerprint density at radius 3 is 2.52 bits per heavy atom. The van der Waals surface area contributed by atoms with Gasteiger partial charge in [-0.3, -0.25) is 0 Å². The fourth-order valence-electron chi connectivity index (χ4n) is 1.93. The van der Waals surface area contributed by atoms with Crippen LogP contribution in [0.4, 0.5) is 10.1 Å². The molecule has 3 N–H and O–H groups in total. The maximum absolute atomic E-state index is 13.3. The number of nitrogens with two attached hydrogens (primary N) is 1. The molecule has 0 aliphatic carbocycles. The van der Waals surface area contributed by atoms with E-state index in [1.165, 1.54) is 6.07 Å². The first-order valence-corrected chi connectivity index (χ1v) is 8.40. The molecule has 0 radical (unpaired) electrons. The number of nitrogens with one attached hydrogen (secondary N) is 1. The number of sulfonamides is 1. The van der Waals surface area contributed by atoms with E-state index in [0.717, 1.165) is 22.2 Å². The van der Waals surface area contributed by atoms with Gasteiger partial charge in [0.2, 0.25) is 10.0 Å². The van der Waals surface area contributed by atoms with Crippen molar-refractivity contribution in [1.29, 1.82) is 0 Å². The Kier molecular flexibility index (Phi) is 4.65. The Balaban J connectivity index is 2.31. The predicted molar refractivity (Wildman–Crippen MR) is 83.7 cm³/mol. The number of anilines is 1. The van der Waals surface area contributed by atoms with Gasteiger partial charge in [-0.2, -0.15) is 0 Å². The summed E-state index contributed by atoms with van der Waals surface area (Å²) < 4.78 is 41.2. The van der Waals surface area contributed by atoms with Crippen LogP contribution in [0.25, 0.3) is 0 Å². The van der Waals surface area contributed by atoms with E-state index in [2.05, 4.69) is 20.7 Å². The van der Waals surface area contributed by atoms with Crippen LogP contribution in [-0.4, -0.2) is 8.42 Å². The zero-order valence-corrected chi connectivity index (χ0v) is 13.6. The van der Waals surface area contributed by atoms with Crippen molar-refractivity contribution in [2.45, 2.75) is 17.9 Å². The van der Waals surface area contributed by atoms with E-state index in [4.69, 9.17) is 5.73 Å². The summed E-state index contributed by atoms with van der Waals surface area (Å²) in [5, 5.41) is 0. The predicted octanol–water partition coefficient (Wildman–Crippen LogP) is 3.21. The van der Waals surface area contributed by atoms with Crippen LogP contribution in [0.1, 0.15) is 18.5 Å². The lowest BCUT2D eigenvalue weighted by Crippen LogP contribution is -2.27. The topological polar surface area (TPSA) is 72.2 Å². The molecule has 4 nitrogen and oxygen atoms in total. The normalized spacial score (nSPS) is 13.1. The number of rotatable bonds is 4. The first-order valence-electron chi connectivity index (χ1n) is 6.12. The first-order chi connectivity index (χ1) is 9.79. The van der Waals surface area contributed by atoms with Crippen molar-refractivity contribution in [2.24, 2.45) is 0 Å². The molecule has 0 spiro atoms. The number of nitrogen functional groups attached to an aromatic ring is 1. The smallest absolute Gasteiger partial charge is 0.241 e.